The lowest BCUT2D eigenvalue weighted by atomic mass is 10.0. The van der Waals surface area contributed by atoms with Crippen LogP contribution in [-0.2, 0) is 25.7 Å². The van der Waals surface area contributed by atoms with Crippen molar-refractivity contribution >= 4 is 27.2 Å². The molecule has 7 heteroatoms. The van der Waals surface area contributed by atoms with Crippen LogP contribution in [0.4, 0.5) is 4.53 Å². The molecule has 1 aliphatic carbocycles. The number of carbonyl (C=O) groups excluding carboxylic acids is 1. The minimum absolute atomic E-state index is 0.213. The summed E-state index contributed by atoms with van der Waals surface area (Å²) in [5, 5.41) is 1.98. The number of carbonyl (C=O) groups is 1. The van der Waals surface area contributed by atoms with E-state index in [2.05, 4.69) is 11.3 Å². The van der Waals surface area contributed by atoms with Crippen LogP contribution in [0.2, 0.25) is 0 Å². The lowest BCUT2D eigenvalue weighted by molar-refractivity contribution is -0.116. The number of thiophene rings is 1. The number of Topliss-reactive ketones (excluding diaryl/α,β-unsaturated/α-hetero) is 1. The van der Waals surface area contributed by atoms with Crippen molar-refractivity contribution in [1.82, 2.24) is 0 Å². The third-order valence-corrected chi connectivity index (χ3v) is 6.20. The Morgan fingerprint density at radius 1 is 1.04 bits per heavy atom. The zero-order valence-electron chi connectivity index (χ0n) is 17.5. The van der Waals surface area contributed by atoms with Crippen LogP contribution in [0.25, 0.3) is 0 Å². The maximum absolute atomic E-state index is 11.3. The highest BCUT2D eigenvalue weighted by atomic mass is 32.2. The van der Waals surface area contributed by atoms with Gasteiger partial charge in [-0.25, -0.2) is 0 Å². The summed E-state index contributed by atoms with van der Waals surface area (Å²) in [5.74, 6) is 0.0211. The van der Waals surface area contributed by atoms with E-state index in [0.29, 0.717) is 12.8 Å². The number of rotatable bonds is 10. The van der Waals surface area contributed by atoms with Gasteiger partial charge in [-0.3, -0.25) is 4.79 Å². The molecule has 4 nitrogen and oxygen atoms in total. The fraction of sp³-hybridized carbons (Fsp3) is 0.762. The Kier molecular flexibility index (Phi) is 17.7. The van der Waals surface area contributed by atoms with Crippen LogP contribution in [0.1, 0.15) is 95.8 Å². The molecule has 1 saturated carbocycles. The molecule has 2 rings (SSSR count). The summed E-state index contributed by atoms with van der Waals surface area (Å²) < 4.78 is 35.1. The van der Waals surface area contributed by atoms with Crippen LogP contribution in [0, 0.1) is 0 Å². The van der Waals surface area contributed by atoms with E-state index < -0.39 is 10.1 Å². The Labute approximate surface area is 174 Å². The first kappa shape index (κ1) is 27.2. The normalized spacial score (nSPS) is 13.7. The van der Waals surface area contributed by atoms with E-state index in [0.717, 1.165) is 30.6 Å². The molecule has 0 aliphatic heterocycles. The highest BCUT2D eigenvalue weighted by Crippen LogP contribution is 2.15. The summed E-state index contributed by atoms with van der Waals surface area (Å²) >= 11 is 1.63. The van der Waals surface area contributed by atoms with E-state index in [1.807, 2.05) is 17.5 Å². The second-order valence-corrected chi connectivity index (χ2v) is 9.85. The third kappa shape index (κ3) is 18.6. The maximum atomic E-state index is 11.3. The number of hydrogen-bond acceptors (Lipinski definition) is 5. The van der Waals surface area contributed by atoms with Crippen LogP contribution >= 0.6 is 11.3 Å². The molecule has 28 heavy (non-hydrogen) atoms. The Morgan fingerprint density at radius 3 is 2.00 bits per heavy atom. The number of ketones is 1. The zero-order chi connectivity index (χ0) is 21.1. The van der Waals surface area contributed by atoms with Crippen molar-refractivity contribution in [2.45, 2.75) is 97.3 Å². The van der Waals surface area contributed by atoms with Gasteiger partial charge in [-0.05, 0) is 29.3 Å². The van der Waals surface area contributed by atoms with Crippen molar-refractivity contribution in [3.05, 3.63) is 22.4 Å². The van der Waals surface area contributed by atoms with Crippen LogP contribution in [0.15, 0.2) is 17.5 Å². The second-order valence-electron chi connectivity index (χ2n) is 7.17. The van der Waals surface area contributed by atoms with Crippen LogP contribution in [0.3, 0.4) is 0 Å². The molecule has 1 fully saturated rings. The predicted molar refractivity (Wildman–Crippen MR) is 116 cm³/mol. The Morgan fingerprint density at radius 2 is 1.57 bits per heavy atom. The lowest BCUT2D eigenvalue weighted by Crippen LogP contribution is -2.05. The lowest BCUT2D eigenvalue weighted by Gasteiger charge is -2.05. The van der Waals surface area contributed by atoms with Crippen LogP contribution in [0.5, 0.6) is 0 Å². The van der Waals surface area contributed by atoms with Gasteiger partial charge in [0.15, 0.2) is 0 Å². The molecular formula is C21H37FO4S2. The molecule has 0 atom stereocenters. The van der Waals surface area contributed by atoms with Gasteiger partial charge in [0, 0.05) is 11.3 Å². The standard InChI is InChI=1S/C8H17FO3S.C7H8OS.C6H12/c1-2-3-4-5-6-7-8-13(10,11)12-9;1-6(8)5-7-3-2-4-9-7;1-2-4-6-5-3-1/h2-8H2,1H3;2-4H,5H2,1H3;1-6H2. The first-order chi connectivity index (χ1) is 13.4. The molecule has 0 unspecified atom stereocenters. The average molecular weight is 437 g/mol. The van der Waals surface area contributed by atoms with Gasteiger partial charge in [0.1, 0.15) is 5.78 Å². The van der Waals surface area contributed by atoms with E-state index in [-0.39, 0.29) is 11.5 Å². The topological polar surface area (TPSA) is 60.4 Å². The van der Waals surface area contributed by atoms with E-state index in [1.54, 1.807) is 18.3 Å². The van der Waals surface area contributed by atoms with Crippen molar-refractivity contribution in [3.8, 4) is 0 Å². The first-order valence-electron chi connectivity index (χ1n) is 10.5. The molecule has 0 amide bonds. The van der Waals surface area contributed by atoms with E-state index >= 15 is 0 Å². The Bertz CT molecular complexity index is 556. The number of unbranched alkanes of at least 4 members (excludes halogenated alkanes) is 5. The zero-order valence-corrected chi connectivity index (χ0v) is 19.1. The van der Waals surface area contributed by atoms with Gasteiger partial charge >= 0.3 is 0 Å². The Hall–Kier alpha value is -0.790. The summed E-state index contributed by atoms with van der Waals surface area (Å²) in [6.45, 7) is 3.72. The third-order valence-electron chi connectivity index (χ3n) is 4.35. The quantitative estimate of drug-likeness (QED) is 0.378. The maximum Gasteiger partial charge on any atom is 0.297 e. The molecule has 0 spiro atoms. The SMILES string of the molecule is C1CCCCC1.CC(=O)Cc1cccs1.CCCCCCCCS(=O)(=O)OF. The molecule has 1 aliphatic rings. The van der Waals surface area contributed by atoms with E-state index in [4.69, 9.17) is 0 Å². The fourth-order valence-electron chi connectivity index (χ4n) is 2.81. The summed E-state index contributed by atoms with van der Waals surface area (Å²) in [4.78, 5) is 11.7. The van der Waals surface area contributed by atoms with Crippen molar-refractivity contribution < 1.29 is 22.1 Å². The minimum atomic E-state index is -3.88. The molecule has 0 N–H and O–H groups in total. The smallest absolute Gasteiger partial charge is 0.297 e. The summed E-state index contributed by atoms with van der Waals surface area (Å²) in [6.07, 6.45) is 15.4. The summed E-state index contributed by atoms with van der Waals surface area (Å²) in [6, 6.07) is 3.94. The second kappa shape index (κ2) is 18.3. The van der Waals surface area contributed by atoms with Crippen molar-refractivity contribution in [1.29, 1.82) is 0 Å². The monoisotopic (exact) mass is 436 g/mol. The van der Waals surface area contributed by atoms with Gasteiger partial charge in [0.05, 0.1) is 5.75 Å². The van der Waals surface area contributed by atoms with E-state index in [9.17, 15) is 17.7 Å². The molecule has 1 aromatic heterocycles. The van der Waals surface area contributed by atoms with Gasteiger partial charge < -0.3 is 0 Å². The molecule has 1 aromatic rings. The molecule has 1 heterocycles. The molecular weight excluding hydrogens is 399 g/mol. The van der Waals surface area contributed by atoms with Gasteiger partial charge in [0.2, 0.25) is 0 Å². The highest BCUT2D eigenvalue weighted by molar-refractivity contribution is 7.86. The van der Waals surface area contributed by atoms with Crippen LogP contribution in [-0.4, -0.2) is 20.0 Å². The molecule has 0 bridgehead atoms. The molecule has 0 aromatic carbocycles. The minimum Gasteiger partial charge on any atom is -0.300 e. The predicted octanol–water partition coefficient (Wildman–Crippen LogP) is 6.80. The average Bonchev–Trinajstić information content (AvgIpc) is 3.19. The van der Waals surface area contributed by atoms with Gasteiger partial charge in [-0.1, -0.05) is 88.0 Å². The Balaban J connectivity index is 0.000000418. The highest BCUT2D eigenvalue weighted by Gasteiger charge is 2.10. The molecule has 164 valence electrons. The molecule has 0 saturated heterocycles. The first-order valence-corrected chi connectivity index (χ1v) is 12.9. The number of halogens is 1. The largest absolute Gasteiger partial charge is 0.300 e. The van der Waals surface area contributed by atoms with Crippen molar-refractivity contribution in [2.24, 2.45) is 0 Å². The van der Waals surface area contributed by atoms with E-state index in [1.165, 1.54) is 44.9 Å². The summed E-state index contributed by atoms with van der Waals surface area (Å²) in [5.41, 5.74) is 0. The summed E-state index contributed by atoms with van der Waals surface area (Å²) in [7, 11) is -3.88. The van der Waals surface area contributed by atoms with Crippen LogP contribution < -0.4 is 0 Å². The van der Waals surface area contributed by atoms with Gasteiger partial charge in [-0.2, -0.15) is 8.42 Å². The molecule has 0 radical (unpaired) electrons. The van der Waals surface area contributed by atoms with Gasteiger partial charge in [0.25, 0.3) is 10.1 Å². The van der Waals surface area contributed by atoms with Gasteiger partial charge in [-0.15, -0.1) is 11.3 Å². The van der Waals surface area contributed by atoms with Crippen molar-refractivity contribution in [3.63, 3.8) is 0 Å². The fourth-order valence-corrected chi connectivity index (χ4v) is 4.21. The number of hydrogen-bond donors (Lipinski definition) is 0. The van der Waals surface area contributed by atoms with Crippen molar-refractivity contribution in [2.75, 3.05) is 5.75 Å².